The van der Waals surface area contributed by atoms with E-state index in [0.717, 1.165) is 6.54 Å². The van der Waals surface area contributed by atoms with Crippen molar-refractivity contribution in [3.63, 3.8) is 0 Å². The summed E-state index contributed by atoms with van der Waals surface area (Å²) in [5.41, 5.74) is 1.84. The molecule has 2 nitrogen and oxygen atoms in total. The summed E-state index contributed by atoms with van der Waals surface area (Å²) in [5.74, 6) is 0.537. The molecule has 1 saturated heterocycles. The van der Waals surface area contributed by atoms with Crippen LogP contribution in [0.1, 0.15) is 34.7 Å². The Balaban J connectivity index is 2.19. The first-order chi connectivity index (χ1) is 7.66. The average molecular weight is 238 g/mol. The second-order valence-corrected chi connectivity index (χ2v) is 4.84. The number of halogens is 1. The van der Waals surface area contributed by atoms with Crippen LogP contribution in [-0.4, -0.2) is 30.3 Å². The van der Waals surface area contributed by atoms with Gasteiger partial charge < -0.3 is 4.90 Å². The number of carbonyl (C=O) groups is 1. The van der Waals surface area contributed by atoms with E-state index in [1.165, 1.54) is 24.9 Å². The first kappa shape index (κ1) is 11.6. The fourth-order valence-electron chi connectivity index (χ4n) is 2.35. The van der Waals surface area contributed by atoms with E-state index < -0.39 is 0 Å². The summed E-state index contributed by atoms with van der Waals surface area (Å²) < 4.78 is 0. The molecule has 0 aromatic heterocycles. The van der Waals surface area contributed by atoms with Crippen LogP contribution >= 0.6 is 11.6 Å². The fourth-order valence-corrected chi connectivity index (χ4v) is 2.47. The van der Waals surface area contributed by atoms with Crippen molar-refractivity contribution >= 4 is 16.8 Å². The van der Waals surface area contributed by atoms with Crippen LogP contribution in [-0.2, 0) is 0 Å². The van der Waals surface area contributed by atoms with E-state index in [0.29, 0.717) is 11.5 Å². The smallest absolute Gasteiger partial charge is 0.252 e. The van der Waals surface area contributed by atoms with E-state index in [-0.39, 0.29) is 5.24 Å². The molecule has 86 valence electrons. The molecule has 1 aromatic carbocycles. The van der Waals surface area contributed by atoms with Gasteiger partial charge in [0.15, 0.2) is 0 Å². The minimum atomic E-state index is -0.369. The van der Waals surface area contributed by atoms with E-state index in [4.69, 9.17) is 11.6 Å². The predicted molar refractivity (Wildman–Crippen MR) is 66.1 cm³/mol. The number of benzene rings is 1. The van der Waals surface area contributed by atoms with Crippen LogP contribution in [0.3, 0.4) is 0 Å². The average Bonchev–Trinajstić information content (AvgIpc) is 2.29. The highest BCUT2D eigenvalue weighted by atomic mass is 35.5. The Kier molecular flexibility index (Phi) is 3.62. The molecular formula is C13H16ClNO. The molecule has 0 aliphatic carbocycles. The molecule has 1 fully saturated rings. The summed E-state index contributed by atoms with van der Waals surface area (Å²) in [6.07, 6.45) is 2.42. The van der Waals surface area contributed by atoms with Crippen molar-refractivity contribution in [1.29, 1.82) is 0 Å². The normalized spacial score (nSPS) is 22.0. The molecule has 16 heavy (non-hydrogen) atoms. The first-order valence-electron chi connectivity index (χ1n) is 5.65. The first-order valence-corrected chi connectivity index (χ1v) is 6.03. The largest absolute Gasteiger partial charge is 0.306 e. The second-order valence-electron chi connectivity index (χ2n) is 4.50. The van der Waals surface area contributed by atoms with Crippen LogP contribution in [0.15, 0.2) is 24.3 Å². The molecule has 0 N–H and O–H groups in total. The van der Waals surface area contributed by atoms with Gasteiger partial charge in [-0.05, 0) is 55.6 Å². The van der Waals surface area contributed by atoms with Gasteiger partial charge in [0.1, 0.15) is 0 Å². The molecule has 1 aliphatic rings. The molecule has 1 heterocycles. The van der Waals surface area contributed by atoms with Crippen molar-refractivity contribution in [1.82, 2.24) is 4.90 Å². The SMILES string of the molecule is CN1CCC[C@@H](c2cccc(C(=O)Cl)c2)C1. The van der Waals surface area contributed by atoms with E-state index in [9.17, 15) is 4.79 Å². The van der Waals surface area contributed by atoms with Crippen molar-refractivity contribution in [2.45, 2.75) is 18.8 Å². The lowest BCUT2D eigenvalue weighted by molar-refractivity contribution is 0.108. The Morgan fingerprint density at radius 2 is 2.31 bits per heavy atom. The van der Waals surface area contributed by atoms with Gasteiger partial charge in [-0.3, -0.25) is 4.79 Å². The lowest BCUT2D eigenvalue weighted by Gasteiger charge is -2.30. The highest BCUT2D eigenvalue weighted by Gasteiger charge is 2.19. The number of hydrogen-bond donors (Lipinski definition) is 0. The molecular weight excluding hydrogens is 222 g/mol. The van der Waals surface area contributed by atoms with Crippen LogP contribution in [0, 0.1) is 0 Å². The van der Waals surface area contributed by atoms with Crippen LogP contribution in [0.2, 0.25) is 0 Å². The molecule has 0 bridgehead atoms. The molecule has 0 spiro atoms. The van der Waals surface area contributed by atoms with Gasteiger partial charge in [-0.1, -0.05) is 18.2 Å². The number of likely N-dealkylation sites (tertiary alicyclic amines) is 1. The van der Waals surface area contributed by atoms with Gasteiger partial charge in [-0.15, -0.1) is 0 Å². The van der Waals surface area contributed by atoms with Crippen molar-refractivity contribution in [3.8, 4) is 0 Å². The lowest BCUT2D eigenvalue weighted by Crippen LogP contribution is -2.30. The predicted octanol–water partition coefficient (Wildman–Crippen LogP) is 2.87. The van der Waals surface area contributed by atoms with Crippen LogP contribution in [0.5, 0.6) is 0 Å². The Morgan fingerprint density at radius 3 is 3.00 bits per heavy atom. The standard InChI is InChI=1S/C13H16ClNO/c1-15-7-3-6-12(9-15)10-4-2-5-11(8-10)13(14)16/h2,4-5,8,12H,3,6-7,9H2,1H3/t12-/m1/s1. The van der Waals surface area contributed by atoms with Gasteiger partial charge in [0.05, 0.1) is 0 Å². The zero-order valence-electron chi connectivity index (χ0n) is 9.45. The Labute approximate surface area is 101 Å². The Morgan fingerprint density at radius 1 is 1.50 bits per heavy atom. The monoisotopic (exact) mass is 237 g/mol. The number of piperidine rings is 1. The molecule has 2 rings (SSSR count). The van der Waals surface area contributed by atoms with Crippen molar-refractivity contribution in [2.75, 3.05) is 20.1 Å². The number of carbonyl (C=O) groups excluding carboxylic acids is 1. The molecule has 0 saturated carbocycles. The summed E-state index contributed by atoms with van der Waals surface area (Å²) in [5, 5.41) is -0.369. The molecule has 1 aliphatic heterocycles. The number of hydrogen-bond acceptors (Lipinski definition) is 2. The molecule has 1 atom stereocenters. The maximum absolute atomic E-state index is 11.1. The highest BCUT2D eigenvalue weighted by Crippen LogP contribution is 2.26. The second kappa shape index (κ2) is 4.98. The van der Waals surface area contributed by atoms with Crippen LogP contribution in [0.4, 0.5) is 0 Å². The lowest BCUT2D eigenvalue weighted by atomic mass is 9.90. The third-order valence-electron chi connectivity index (χ3n) is 3.21. The minimum Gasteiger partial charge on any atom is -0.306 e. The van der Waals surface area contributed by atoms with Crippen molar-refractivity contribution in [2.24, 2.45) is 0 Å². The van der Waals surface area contributed by atoms with E-state index >= 15 is 0 Å². The molecule has 3 heteroatoms. The summed E-state index contributed by atoms with van der Waals surface area (Å²) in [6.45, 7) is 2.24. The molecule has 0 unspecified atom stereocenters. The minimum absolute atomic E-state index is 0.369. The zero-order chi connectivity index (χ0) is 11.5. The van der Waals surface area contributed by atoms with Gasteiger partial charge in [-0.2, -0.15) is 0 Å². The maximum Gasteiger partial charge on any atom is 0.252 e. The van der Waals surface area contributed by atoms with Gasteiger partial charge >= 0.3 is 0 Å². The third-order valence-corrected chi connectivity index (χ3v) is 3.43. The van der Waals surface area contributed by atoms with Crippen LogP contribution in [0.25, 0.3) is 0 Å². The summed E-state index contributed by atoms with van der Waals surface area (Å²) in [6, 6.07) is 7.71. The van der Waals surface area contributed by atoms with Gasteiger partial charge in [0.2, 0.25) is 0 Å². The quantitative estimate of drug-likeness (QED) is 0.738. The number of rotatable bonds is 2. The molecule has 0 radical (unpaired) electrons. The fraction of sp³-hybridized carbons (Fsp3) is 0.462. The summed E-state index contributed by atoms with van der Waals surface area (Å²) >= 11 is 5.49. The van der Waals surface area contributed by atoms with E-state index in [1.807, 2.05) is 12.1 Å². The topological polar surface area (TPSA) is 20.3 Å². The van der Waals surface area contributed by atoms with Gasteiger partial charge in [0, 0.05) is 12.1 Å². The highest BCUT2D eigenvalue weighted by molar-refractivity contribution is 6.67. The Bertz CT molecular complexity index is 391. The number of nitrogens with zero attached hydrogens (tertiary/aromatic N) is 1. The van der Waals surface area contributed by atoms with Crippen molar-refractivity contribution in [3.05, 3.63) is 35.4 Å². The van der Waals surface area contributed by atoms with Crippen molar-refractivity contribution < 1.29 is 4.79 Å². The zero-order valence-corrected chi connectivity index (χ0v) is 10.2. The molecule has 0 amide bonds. The molecule has 1 aromatic rings. The van der Waals surface area contributed by atoms with Crippen LogP contribution < -0.4 is 0 Å². The number of likely N-dealkylation sites (N-methyl/N-ethyl adjacent to an activating group) is 1. The maximum atomic E-state index is 11.1. The summed E-state index contributed by atoms with van der Waals surface area (Å²) in [7, 11) is 2.14. The van der Waals surface area contributed by atoms with E-state index in [1.54, 1.807) is 6.07 Å². The van der Waals surface area contributed by atoms with E-state index in [2.05, 4.69) is 18.0 Å². The Hall–Kier alpha value is -0.860. The third kappa shape index (κ3) is 2.63. The summed E-state index contributed by atoms with van der Waals surface area (Å²) in [4.78, 5) is 13.4. The van der Waals surface area contributed by atoms with Gasteiger partial charge in [0.25, 0.3) is 5.24 Å². The van der Waals surface area contributed by atoms with Gasteiger partial charge in [-0.25, -0.2) is 0 Å².